The molecule has 0 aromatic carbocycles. The van der Waals surface area contributed by atoms with Gasteiger partial charge in [0.2, 0.25) is 0 Å². The summed E-state index contributed by atoms with van der Waals surface area (Å²) in [7, 11) is 0. The van der Waals surface area contributed by atoms with Crippen LogP contribution in [0.2, 0.25) is 0 Å². The summed E-state index contributed by atoms with van der Waals surface area (Å²) in [5, 5.41) is 4.03. The number of aromatic nitrogens is 3. The third kappa shape index (κ3) is 2.52. The molecule has 74 valence electrons. The molecule has 2 rings (SSSR count). The quantitative estimate of drug-likeness (QED) is 0.405. The van der Waals surface area contributed by atoms with Crippen LogP contribution in [0, 0.1) is 13.8 Å². The fraction of sp³-hybridized carbons (Fsp3) is 0.222. The van der Waals surface area contributed by atoms with Gasteiger partial charge in [-0.1, -0.05) is 12.6 Å². The number of imidazole rings is 1. The van der Waals surface area contributed by atoms with E-state index in [-0.39, 0.29) is 56.9 Å². The largest absolute Gasteiger partial charge is 1.00 e. The molecule has 15 heavy (non-hydrogen) atoms. The second-order valence-electron chi connectivity index (χ2n) is 2.90. The Morgan fingerprint density at radius 2 is 2.07 bits per heavy atom. The molecule has 0 aliphatic rings. The van der Waals surface area contributed by atoms with Crippen LogP contribution in [0.5, 0.6) is 0 Å². The predicted molar refractivity (Wildman–Crippen MR) is 49.2 cm³/mol. The molecule has 0 radical (unpaired) electrons. The van der Waals surface area contributed by atoms with Crippen LogP contribution in [0.15, 0.2) is 12.3 Å². The summed E-state index contributed by atoms with van der Waals surface area (Å²) in [5.74, 6) is 0. The summed E-state index contributed by atoms with van der Waals surface area (Å²) in [6.07, 6.45) is 3.48. The standard InChI is InChI=1S/C9H8N3O.K.H2O/c1-6-3-4-10-12-8(5-13)7(2)11-9(6)12;;/h3-4H,1-2H3;;1H2/q-1;+1;/p-1. The summed E-state index contributed by atoms with van der Waals surface area (Å²) in [4.78, 5) is 14.8. The fourth-order valence-corrected chi connectivity index (χ4v) is 1.29. The first-order valence-corrected chi connectivity index (χ1v) is 3.93. The molecule has 5 nitrogen and oxygen atoms in total. The van der Waals surface area contributed by atoms with Gasteiger partial charge in [0.15, 0.2) is 0 Å². The minimum Gasteiger partial charge on any atom is -0.870 e. The second-order valence-corrected chi connectivity index (χ2v) is 2.90. The van der Waals surface area contributed by atoms with E-state index < -0.39 is 0 Å². The summed E-state index contributed by atoms with van der Waals surface area (Å²) < 4.78 is 1.51. The molecule has 1 N–H and O–H groups in total. The van der Waals surface area contributed by atoms with Crippen LogP contribution in [0.1, 0.15) is 17.0 Å². The summed E-state index contributed by atoms with van der Waals surface area (Å²) >= 11 is 0. The molecule has 0 bridgehead atoms. The molecule has 0 aliphatic carbocycles. The van der Waals surface area contributed by atoms with Crippen molar-refractivity contribution < 1.29 is 61.7 Å². The van der Waals surface area contributed by atoms with Gasteiger partial charge in [0, 0.05) is 12.5 Å². The van der Waals surface area contributed by atoms with Crippen LogP contribution in [0.25, 0.3) is 5.65 Å². The number of fused-ring (bicyclic) bond motifs is 1. The van der Waals surface area contributed by atoms with Crippen LogP contribution >= 0.6 is 0 Å². The molecular formula is C9H9KN3O2-. The minimum absolute atomic E-state index is 0. The van der Waals surface area contributed by atoms with Gasteiger partial charge >= 0.3 is 51.4 Å². The van der Waals surface area contributed by atoms with Crippen molar-refractivity contribution in [2.45, 2.75) is 13.8 Å². The smallest absolute Gasteiger partial charge is 0.870 e. The van der Waals surface area contributed by atoms with Crippen molar-refractivity contribution in [1.29, 1.82) is 0 Å². The van der Waals surface area contributed by atoms with E-state index in [9.17, 15) is 4.79 Å². The van der Waals surface area contributed by atoms with Gasteiger partial charge in [-0.15, -0.1) is 0 Å². The first kappa shape index (κ1) is 14.9. The Labute approximate surface area is 130 Å². The Bertz CT molecular complexity index is 481. The van der Waals surface area contributed by atoms with E-state index >= 15 is 0 Å². The molecule has 2 heterocycles. The number of rotatable bonds is 1. The maximum absolute atomic E-state index is 10.6. The van der Waals surface area contributed by atoms with Gasteiger partial charge in [-0.05, 0) is 24.2 Å². The van der Waals surface area contributed by atoms with Crippen molar-refractivity contribution in [1.82, 2.24) is 14.6 Å². The van der Waals surface area contributed by atoms with Gasteiger partial charge in [-0.2, -0.15) is 5.10 Å². The average molecular weight is 230 g/mol. The van der Waals surface area contributed by atoms with E-state index in [0.29, 0.717) is 11.4 Å². The van der Waals surface area contributed by atoms with Crippen LogP contribution in [0.4, 0.5) is 0 Å². The zero-order valence-electron chi connectivity index (χ0n) is 8.85. The Morgan fingerprint density at radius 1 is 1.40 bits per heavy atom. The molecule has 0 fully saturated rings. The fourth-order valence-electron chi connectivity index (χ4n) is 1.29. The maximum atomic E-state index is 10.6. The topological polar surface area (TPSA) is 77.3 Å². The number of hydrogen-bond acceptors (Lipinski definition) is 4. The monoisotopic (exact) mass is 230 g/mol. The van der Waals surface area contributed by atoms with E-state index in [1.807, 2.05) is 19.3 Å². The summed E-state index contributed by atoms with van der Waals surface area (Å²) in [5.41, 5.74) is 2.79. The zero-order chi connectivity index (χ0) is 9.42. The van der Waals surface area contributed by atoms with Gasteiger partial charge < -0.3 is 15.3 Å². The molecule has 0 atom stereocenters. The van der Waals surface area contributed by atoms with E-state index in [4.69, 9.17) is 0 Å². The van der Waals surface area contributed by atoms with E-state index in [1.165, 1.54) is 4.52 Å². The van der Waals surface area contributed by atoms with Crippen LogP contribution < -0.4 is 51.4 Å². The Balaban J connectivity index is 0.000000980. The molecule has 0 aliphatic heterocycles. The van der Waals surface area contributed by atoms with Crippen molar-refractivity contribution in [3.05, 3.63) is 29.2 Å². The predicted octanol–water partition coefficient (Wildman–Crippen LogP) is -2.37. The van der Waals surface area contributed by atoms with Gasteiger partial charge in [0.05, 0.1) is 0 Å². The summed E-state index contributed by atoms with van der Waals surface area (Å²) in [6.45, 7) is 3.70. The van der Waals surface area contributed by atoms with Gasteiger partial charge in [-0.3, -0.25) is 0 Å². The molecule has 0 spiro atoms. The van der Waals surface area contributed by atoms with Crippen LogP contribution in [-0.4, -0.2) is 26.4 Å². The molecule has 2 aromatic rings. The second kappa shape index (κ2) is 5.83. The normalized spacial score (nSPS) is 9.20. The van der Waals surface area contributed by atoms with Crippen molar-refractivity contribution in [3.63, 3.8) is 0 Å². The van der Waals surface area contributed by atoms with E-state index in [2.05, 4.69) is 10.1 Å². The number of aryl methyl sites for hydroxylation is 2. The van der Waals surface area contributed by atoms with Gasteiger partial charge in [0.25, 0.3) is 0 Å². The van der Waals surface area contributed by atoms with Crippen LogP contribution in [0.3, 0.4) is 0 Å². The van der Waals surface area contributed by atoms with E-state index in [1.54, 1.807) is 13.1 Å². The average Bonchev–Trinajstić information content (AvgIpc) is 2.43. The maximum Gasteiger partial charge on any atom is 1.00 e. The third-order valence-electron chi connectivity index (χ3n) is 1.98. The molecule has 0 saturated carbocycles. The minimum atomic E-state index is 0. The van der Waals surface area contributed by atoms with Gasteiger partial charge in [0.1, 0.15) is 5.65 Å². The zero-order valence-corrected chi connectivity index (χ0v) is 12.0. The third-order valence-corrected chi connectivity index (χ3v) is 1.98. The molecule has 0 unspecified atom stereocenters. The van der Waals surface area contributed by atoms with Crippen molar-refractivity contribution in [2.75, 3.05) is 0 Å². The molecule has 0 saturated heterocycles. The Morgan fingerprint density at radius 3 is 2.67 bits per heavy atom. The number of nitrogens with zero attached hydrogens (tertiary/aromatic N) is 3. The first-order valence-electron chi connectivity index (χ1n) is 3.93. The van der Waals surface area contributed by atoms with Crippen molar-refractivity contribution >= 4 is 11.9 Å². The molecular weight excluding hydrogens is 221 g/mol. The molecule has 6 heteroatoms. The van der Waals surface area contributed by atoms with E-state index in [0.717, 1.165) is 11.2 Å². The SMILES string of the molecule is Cc1nc2c(C)ccnn2c1[C-]=O.[K+].[OH-]. The molecule has 0 amide bonds. The van der Waals surface area contributed by atoms with Crippen LogP contribution in [-0.2, 0) is 4.79 Å². The summed E-state index contributed by atoms with van der Waals surface area (Å²) in [6, 6.07) is 1.86. The number of carbonyl (C=O) groups excluding carboxylic acids is 1. The Kier molecular flexibility index (Phi) is 5.79. The Hall–Kier alpha value is -0.114. The van der Waals surface area contributed by atoms with Gasteiger partial charge in [-0.25, -0.2) is 4.52 Å². The van der Waals surface area contributed by atoms with Crippen molar-refractivity contribution in [3.8, 4) is 0 Å². The number of hydrogen-bond donors (Lipinski definition) is 0. The first-order chi connectivity index (χ1) is 6.24. The molecule has 2 aromatic heterocycles. The van der Waals surface area contributed by atoms with Crippen molar-refractivity contribution in [2.24, 2.45) is 0 Å².